The highest BCUT2D eigenvalue weighted by Crippen LogP contribution is 2.21. The lowest BCUT2D eigenvalue weighted by Gasteiger charge is -2.27. The number of hydrogen-bond donors (Lipinski definition) is 1. The van der Waals surface area contributed by atoms with Crippen molar-refractivity contribution in [1.29, 1.82) is 0 Å². The molecular weight excluding hydrogens is 254 g/mol. The van der Waals surface area contributed by atoms with Crippen molar-refractivity contribution in [2.24, 2.45) is 0 Å². The molecule has 0 unspecified atom stereocenters. The largest absolute Gasteiger partial charge is 0.478 e. The molecule has 108 valence electrons. The third kappa shape index (κ3) is 3.07. The van der Waals surface area contributed by atoms with Gasteiger partial charge in [-0.2, -0.15) is 0 Å². The van der Waals surface area contributed by atoms with Crippen LogP contribution in [0.1, 0.15) is 45.7 Å². The minimum atomic E-state index is -1.07. The molecule has 1 N–H and O–H groups in total. The molecule has 0 spiro atoms. The number of amides is 1. The Kier molecular flexibility index (Phi) is 5.08. The molecule has 1 amide bonds. The Balaban J connectivity index is 3.44. The molecule has 20 heavy (non-hydrogen) atoms. The second-order valence-electron chi connectivity index (χ2n) is 5.09. The van der Waals surface area contributed by atoms with E-state index in [9.17, 15) is 14.7 Å². The van der Waals surface area contributed by atoms with Crippen molar-refractivity contribution < 1.29 is 14.7 Å². The Labute approximate surface area is 119 Å². The minimum Gasteiger partial charge on any atom is -0.478 e. The van der Waals surface area contributed by atoms with Crippen LogP contribution in [0.3, 0.4) is 0 Å². The highest BCUT2D eigenvalue weighted by atomic mass is 16.4. The molecule has 0 aliphatic carbocycles. The Bertz CT molecular complexity index is 547. The molecule has 4 nitrogen and oxygen atoms in total. The van der Waals surface area contributed by atoms with E-state index in [1.807, 2.05) is 13.8 Å². The predicted octanol–water partition coefficient (Wildman–Crippen LogP) is 3.04. The monoisotopic (exact) mass is 275 g/mol. The average Bonchev–Trinajstić information content (AvgIpc) is 2.36. The van der Waals surface area contributed by atoms with Gasteiger partial charge in [-0.1, -0.05) is 18.2 Å². The van der Waals surface area contributed by atoms with Crippen molar-refractivity contribution in [3.63, 3.8) is 0 Å². The molecule has 0 atom stereocenters. The highest BCUT2D eigenvalue weighted by Gasteiger charge is 2.26. The maximum atomic E-state index is 12.7. The average molecular weight is 275 g/mol. The zero-order chi connectivity index (χ0) is 15.4. The summed E-state index contributed by atoms with van der Waals surface area (Å²) in [6.45, 7) is 11.3. The van der Waals surface area contributed by atoms with Gasteiger partial charge in [-0.3, -0.25) is 4.79 Å². The molecule has 0 bridgehead atoms. The van der Waals surface area contributed by atoms with Gasteiger partial charge in [0.05, 0.1) is 11.1 Å². The molecule has 0 radical (unpaired) electrons. The predicted molar refractivity (Wildman–Crippen MR) is 79.2 cm³/mol. The third-order valence-electron chi connectivity index (χ3n) is 3.26. The molecule has 0 aliphatic rings. The summed E-state index contributed by atoms with van der Waals surface area (Å²) in [5, 5.41) is 9.38. The number of carbonyl (C=O) groups is 2. The smallest absolute Gasteiger partial charge is 0.336 e. The quantitative estimate of drug-likeness (QED) is 0.840. The molecule has 0 fully saturated rings. The number of nitrogens with zero attached hydrogens (tertiary/aromatic N) is 1. The van der Waals surface area contributed by atoms with Crippen LogP contribution in [0.15, 0.2) is 24.8 Å². The SMILES string of the molecule is C=CCN(C(=O)c1c(C)ccc(C)c1C(=O)O)C(C)C. The number of carboxylic acids is 1. The standard InChI is InChI=1S/C16H21NO3/c1-6-9-17(10(2)3)15(18)13-11(4)7-8-12(5)14(13)16(19)20/h6-8,10H,1,9H2,2-5H3,(H,19,20). The molecule has 1 aromatic carbocycles. The van der Waals surface area contributed by atoms with E-state index >= 15 is 0 Å². The van der Waals surface area contributed by atoms with Crippen LogP contribution in [-0.2, 0) is 0 Å². The van der Waals surface area contributed by atoms with E-state index < -0.39 is 5.97 Å². The molecule has 1 rings (SSSR count). The zero-order valence-corrected chi connectivity index (χ0v) is 12.4. The zero-order valence-electron chi connectivity index (χ0n) is 12.4. The van der Waals surface area contributed by atoms with Gasteiger partial charge < -0.3 is 10.0 Å². The summed E-state index contributed by atoms with van der Waals surface area (Å²) in [5.74, 6) is -1.34. The maximum absolute atomic E-state index is 12.7. The van der Waals surface area contributed by atoms with Crippen LogP contribution in [0.4, 0.5) is 0 Å². The molecule has 0 heterocycles. The summed E-state index contributed by atoms with van der Waals surface area (Å²) < 4.78 is 0. The van der Waals surface area contributed by atoms with Crippen molar-refractivity contribution >= 4 is 11.9 Å². The van der Waals surface area contributed by atoms with Gasteiger partial charge in [-0.05, 0) is 38.8 Å². The lowest BCUT2D eigenvalue weighted by Crippen LogP contribution is -2.38. The molecule has 4 heteroatoms. The second-order valence-corrected chi connectivity index (χ2v) is 5.09. The van der Waals surface area contributed by atoms with E-state index in [4.69, 9.17) is 0 Å². The molecule has 0 saturated heterocycles. The van der Waals surface area contributed by atoms with E-state index in [0.717, 1.165) is 0 Å². The van der Waals surface area contributed by atoms with Crippen LogP contribution in [0.5, 0.6) is 0 Å². The summed E-state index contributed by atoms with van der Waals surface area (Å²) in [6, 6.07) is 3.48. The summed E-state index contributed by atoms with van der Waals surface area (Å²) in [6.07, 6.45) is 1.64. The Morgan fingerprint density at radius 2 is 1.75 bits per heavy atom. The topological polar surface area (TPSA) is 57.6 Å². The van der Waals surface area contributed by atoms with Crippen molar-refractivity contribution in [3.05, 3.63) is 47.0 Å². The van der Waals surface area contributed by atoms with Crippen LogP contribution in [-0.4, -0.2) is 34.5 Å². The van der Waals surface area contributed by atoms with Crippen molar-refractivity contribution in [2.75, 3.05) is 6.54 Å². The molecule has 0 aromatic heterocycles. The fourth-order valence-electron chi connectivity index (χ4n) is 2.17. The van der Waals surface area contributed by atoms with E-state index in [0.29, 0.717) is 17.7 Å². The summed E-state index contributed by atoms with van der Waals surface area (Å²) in [5.41, 5.74) is 1.62. The highest BCUT2D eigenvalue weighted by molar-refractivity contribution is 6.06. The number of carbonyl (C=O) groups excluding carboxylic acids is 1. The van der Waals surface area contributed by atoms with Crippen LogP contribution < -0.4 is 0 Å². The molecular formula is C16H21NO3. The Hall–Kier alpha value is -2.10. The first-order valence-electron chi connectivity index (χ1n) is 6.56. The normalized spacial score (nSPS) is 10.4. The fourth-order valence-corrected chi connectivity index (χ4v) is 2.17. The Morgan fingerprint density at radius 3 is 2.15 bits per heavy atom. The van der Waals surface area contributed by atoms with Gasteiger partial charge in [0.2, 0.25) is 0 Å². The number of benzene rings is 1. The van der Waals surface area contributed by atoms with Crippen LogP contribution in [0, 0.1) is 13.8 Å². The number of carboxylic acid groups (broad SMARTS) is 1. The van der Waals surface area contributed by atoms with Crippen LogP contribution in [0.25, 0.3) is 0 Å². The first-order chi connectivity index (χ1) is 9.31. The lowest BCUT2D eigenvalue weighted by molar-refractivity contribution is 0.0665. The van der Waals surface area contributed by atoms with Gasteiger partial charge in [0.1, 0.15) is 0 Å². The van der Waals surface area contributed by atoms with Gasteiger partial charge in [0, 0.05) is 12.6 Å². The molecule has 1 aromatic rings. The number of aromatic carboxylic acids is 1. The molecule has 0 saturated carbocycles. The maximum Gasteiger partial charge on any atom is 0.336 e. The Morgan fingerprint density at radius 1 is 1.25 bits per heavy atom. The van der Waals surface area contributed by atoms with E-state index in [1.165, 1.54) is 0 Å². The van der Waals surface area contributed by atoms with Crippen LogP contribution in [0.2, 0.25) is 0 Å². The van der Waals surface area contributed by atoms with Crippen molar-refractivity contribution in [3.8, 4) is 0 Å². The van der Waals surface area contributed by atoms with E-state index in [1.54, 1.807) is 37.0 Å². The first-order valence-corrected chi connectivity index (χ1v) is 6.56. The summed E-state index contributed by atoms with van der Waals surface area (Å²) >= 11 is 0. The summed E-state index contributed by atoms with van der Waals surface area (Å²) in [4.78, 5) is 25.8. The van der Waals surface area contributed by atoms with Gasteiger partial charge in [-0.15, -0.1) is 6.58 Å². The number of hydrogen-bond acceptors (Lipinski definition) is 2. The first kappa shape index (κ1) is 16.0. The lowest BCUT2D eigenvalue weighted by atomic mass is 9.96. The van der Waals surface area contributed by atoms with E-state index in [2.05, 4.69) is 6.58 Å². The minimum absolute atomic E-state index is 0.0259. The fraction of sp³-hybridized carbons (Fsp3) is 0.375. The van der Waals surface area contributed by atoms with Gasteiger partial charge >= 0.3 is 5.97 Å². The summed E-state index contributed by atoms with van der Waals surface area (Å²) in [7, 11) is 0. The molecule has 0 aliphatic heterocycles. The van der Waals surface area contributed by atoms with Gasteiger partial charge in [-0.25, -0.2) is 4.79 Å². The third-order valence-corrected chi connectivity index (χ3v) is 3.26. The van der Waals surface area contributed by atoms with Crippen molar-refractivity contribution in [1.82, 2.24) is 4.90 Å². The number of rotatable bonds is 5. The number of aryl methyl sites for hydroxylation is 2. The second kappa shape index (κ2) is 6.37. The van der Waals surface area contributed by atoms with Gasteiger partial charge in [0.25, 0.3) is 5.91 Å². The van der Waals surface area contributed by atoms with Crippen molar-refractivity contribution in [2.45, 2.75) is 33.7 Å². The van der Waals surface area contributed by atoms with Crippen LogP contribution >= 0.6 is 0 Å². The van der Waals surface area contributed by atoms with Gasteiger partial charge in [0.15, 0.2) is 0 Å². The van der Waals surface area contributed by atoms with E-state index in [-0.39, 0.29) is 23.1 Å².